The van der Waals surface area contributed by atoms with Gasteiger partial charge in [-0.25, -0.2) is 0 Å². The quantitative estimate of drug-likeness (QED) is 0.886. The van der Waals surface area contributed by atoms with Gasteiger partial charge in [-0.2, -0.15) is 0 Å². The number of rotatable bonds is 3. The number of likely N-dealkylation sites (tertiary alicyclic amines) is 1. The van der Waals surface area contributed by atoms with Gasteiger partial charge in [-0.1, -0.05) is 36.2 Å². The fourth-order valence-electron chi connectivity index (χ4n) is 2.80. The van der Waals surface area contributed by atoms with Gasteiger partial charge in [0.15, 0.2) is 0 Å². The van der Waals surface area contributed by atoms with Crippen LogP contribution in [0.2, 0.25) is 0 Å². The Bertz CT molecular complexity index is 377. The molecule has 1 unspecified atom stereocenters. The van der Waals surface area contributed by atoms with E-state index in [4.69, 9.17) is 0 Å². The second-order valence-corrected chi connectivity index (χ2v) is 6.01. The molecule has 1 N–H and O–H groups in total. The van der Waals surface area contributed by atoms with E-state index in [-0.39, 0.29) is 5.54 Å². The molecule has 0 aliphatic carbocycles. The summed E-state index contributed by atoms with van der Waals surface area (Å²) in [5, 5.41) is 10.6. The minimum absolute atomic E-state index is 0.185. The van der Waals surface area contributed by atoms with Crippen LogP contribution in [0.3, 0.4) is 0 Å². The van der Waals surface area contributed by atoms with Gasteiger partial charge in [-0.3, -0.25) is 4.90 Å². The summed E-state index contributed by atoms with van der Waals surface area (Å²) < 4.78 is 0. The second-order valence-electron chi connectivity index (χ2n) is 6.01. The van der Waals surface area contributed by atoms with Gasteiger partial charge < -0.3 is 5.11 Å². The Morgan fingerprint density at radius 1 is 1.06 bits per heavy atom. The van der Waals surface area contributed by atoms with Gasteiger partial charge in [0.1, 0.15) is 0 Å². The van der Waals surface area contributed by atoms with Gasteiger partial charge in [0.05, 0.1) is 6.10 Å². The molecule has 0 bridgehead atoms. The predicted octanol–water partition coefficient (Wildman–Crippen LogP) is 3.29. The molecular weight excluding hydrogens is 222 g/mol. The van der Waals surface area contributed by atoms with E-state index in [2.05, 4.69) is 37.8 Å². The van der Waals surface area contributed by atoms with Crippen molar-refractivity contribution in [1.82, 2.24) is 4.90 Å². The third-order valence-electron chi connectivity index (χ3n) is 4.23. The van der Waals surface area contributed by atoms with Crippen molar-refractivity contribution in [2.75, 3.05) is 13.1 Å². The monoisotopic (exact) mass is 247 g/mol. The summed E-state index contributed by atoms with van der Waals surface area (Å²) in [4.78, 5) is 2.43. The van der Waals surface area contributed by atoms with Crippen molar-refractivity contribution in [3.8, 4) is 0 Å². The van der Waals surface area contributed by atoms with Gasteiger partial charge in [-0.15, -0.1) is 0 Å². The summed E-state index contributed by atoms with van der Waals surface area (Å²) >= 11 is 0. The van der Waals surface area contributed by atoms with Crippen LogP contribution in [-0.2, 0) is 0 Å². The molecule has 18 heavy (non-hydrogen) atoms. The lowest BCUT2D eigenvalue weighted by molar-refractivity contribution is -0.0208. The maximum Gasteiger partial charge on any atom is 0.0968 e. The highest BCUT2D eigenvalue weighted by Gasteiger charge is 2.35. The molecule has 100 valence electrons. The van der Waals surface area contributed by atoms with Crippen LogP contribution in [-0.4, -0.2) is 28.6 Å². The van der Waals surface area contributed by atoms with E-state index in [1.54, 1.807) is 0 Å². The molecule has 1 saturated heterocycles. The number of hydrogen-bond acceptors (Lipinski definition) is 2. The summed E-state index contributed by atoms with van der Waals surface area (Å²) in [6.07, 6.45) is 3.41. The lowest BCUT2D eigenvalue weighted by Crippen LogP contribution is -2.50. The van der Waals surface area contributed by atoms with E-state index in [1.807, 2.05) is 12.1 Å². The van der Waals surface area contributed by atoms with Crippen molar-refractivity contribution in [3.05, 3.63) is 35.4 Å². The number of aliphatic hydroxyl groups is 1. The van der Waals surface area contributed by atoms with E-state index >= 15 is 0 Å². The van der Waals surface area contributed by atoms with Crippen LogP contribution in [0.15, 0.2) is 24.3 Å². The van der Waals surface area contributed by atoms with E-state index in [0.717, 1.165) is 18.7 Å². The first-order valence-corrected chi connectivity index (χ1v) is 7.01. The summed E-state index contributed by atoms with van der Waals surface area (Å²) in [5.74, 6) is 0. The van der Waals surface area contributed by atoms with Crippen LogP contribution in [0.5, 0.6) is 0 Å². The Labute approximate surface area is 111 Å². The highest BCUT2D eigenvalue weighted by atomic mass is 16.3. The zero-order chi connectivity index (χ0) is 13.2. The minimum Gasteiger partial charge on any atom is -0.386 e. The van der Waals surface area contributed by atoms with Gasteiger partial charge in [0.25, 0.3) is 0 Å². The number of aliphatic hydroxyl groups excluding tert-OH is 1. The molecule has 1 fully saturated rings. The Morgan fingerprint density at radius 2 is 1.61 bits per heavy atom. The molecule has 0 amide bonds. The molecule has 2 nitrogen and oxygen atoms in total. The zero-order valence-corrected chi connectivity index (χ0v) is 11.8. The first-order chi connectivity index (χ1) is 8.51. The largest absolute Gasteiger partial charge is 0.386 e. The van der Waals surface area contributed by atoms with Crippen molar-refractivity contribution >= 4 is 0 Å². The van der Waals surface area contributed by atoms with E-state index in [9.17, 15) is 5.11 Å². The fourth-order valence-corrected chi connectivity index (χ4v) is 2.80. The molecule has 1 aromatic rings. The van der Waals surface area contributed by atoms with Crippen LogP contribution >= 0.6 is 0 Å². The number of hydrogen-bond donors (Lipinski definition) is 1. The number of benzene rings is 1. The Hall–Kier alpha value is -0.860. The first-order valence-electron chi connectivity index (χ1n) is 7.01. The summed E-state index contributed by atoms with van der Waals surface area (Å²) in [7, 11) is 0. The van der Waals surface area contributed by atoms with E-state index in [1.165, 1.54) is 24.8 Å². The van der Waals surface area contributed by atoms with Crippen LogP contribution in [0, 0.1) is 6.92 Å². The number of piperidine rings is 1. The van der Waals surface area contributed by atoms with Crippen molar-refractivity contribution in [2.24, 2.45) is 0 Å². The molecule has 1 atom stereocenters. The van der Waals surface area contributed by atoms with Gasteiger partial charge >= 0.3 is 0 Å². The number of aryl methyl sites for hydroxylation is 1. The highest BCUT2D eigenvalue weighted by Crippen LogP contribution is 2.33. The topological polar surface area (TPSA) is 23.5 Å². The van der Waals surface area contributed by atoms with Crippen LogP contribution in [0.1, 0.15) is 50.3 Å². The van der Waals surface area contributed by atoms with Crippen molar-refractivity contribution < 1.29 is 5.11 Å². The minimum atomic E-state index is -0.420. The van der Waals surface area contributed by atoms with Gasteiger partial charge in [-0.05, 0) is 52.3 Å². The lowest BCUT2D eigenvalue weighted by atomic mass is 9.87. The third kappa shape index (κ3) is 2.76. The van der Waals surface area contributed by atoms with E-state index in [0.29, 0.717) is 0 Å². The maximum atomic E-state index is 10.6. The summed E-state index contributed by atoms with van der Waals surface area (Å²) in [6.45, 7) is 8.60. The molecule has 0 aromatic heterocycles. The molecule has 0 saturated carbocycles. The fraction of sp³-hybridized carbons (Fsp3) is 0.625. The molecule has 1 aliphatic rings. The van der Waals surface area contributed by atoms with Crippen LogP contribution in [0.25, 0.3) is 0 Å². The Balaban J connectivity index is 2.14. The van der Waals surface area contributed by atoms with Gasteiger partial charge in [0.2, 0.25) is 0 Å². The van der Waals surface area contributed by atoms with Crippen molar-refractivity contribution in [3.63, 3.8) is 0 Å². The lowest BCUT2D eigenvalue weighted by Gasteiger charge is -2.44. The molecule has 1 heterocycles. The molecule has 0 spiro atoms. The van der Waals surface area contributed by atoms with Gasteiger partial charge in [0, 0.05) is 5.54 Å². The predicted molar refractivity (Wildman–Crippen MR) is 75.6 cm³/mol. The molecule has 2 heteroatoms. The molecule has 1 aliphatic heterocycles. The second kappa shape index (κ2) is 5.41. The first kappa shape index (κ1) is 13.6. The average Bonchev–Trinajstić information content (AvgIpc) is 2.40. The maximum absolute atomic E-state index is 10.6. The number of nitrogens with zero attached hydrogens (tertiary/aromatic N) is 1. The standard InChI is InChI=1S/C16H25NO/c1-13-7-9-14(10-8-13)15(18)16(2,3)17-11-5-4-6-12-17/h7-10,15,18H,4-6,11-12H2,1-3H3. The third-order valence-corrected chi connectivity index (χ3v) is 4.23. The van der Waals surface area contributed by atoms with Crippen molar-refractivity contribution in [1.29, 1.82) is 0 Å². The zero-order valence-electron chi connectivity index (χ0n) is 11.8. The SMILES string of the molecule is Cc1ccc(C(O)C(C)(C)N2CCCCC2)cc1. The molecule has 2 rings (SSSR count). The molecular formula is C16H25NO. The highest BCUT2D eigenvalue weighted by molar-refractivity contribution is 5.25. The average molecular weight is 247 g/mol. The van der Waals surface area contributed by atoms with Crippen molar-refractivity contribution in [2.45, 2.75) is 51.7 Å². The molecule has 0 radical (unpaired) electrons. The van der Waals surface area contributed by atoms with Crippen LogP contribution < -0.4 is 0 Å². The Morgan fingerprint density at radius 3 is 2.17 bits per heavy atom. The normalized spacial score (nSPS) is 19.8. The van der Waals surface area contributed by atoms with Crippen LogP contribution in [0.4, 0.5) is 0 Å². The summed E-state index contributed by atoms with van der Waals surface area (Å²) in [6, 6.07) is 8.24. The summed E-state index contributed by atoms with van der Waals surface area (Å²) in [5.41, 5.74) is 2.08. The molecule has 1 aromatic carbocycles. The van der Waals surface area contributed by atoms with E-state index < -0.39 is 6.10 Å². The smallest absolute Gasteiger partial charge is 0.0968 e. The Kier molecular flexibility index (Phi) is 4.08.